The van der Waals surface area contributed by atoms with Gasteiger partial charge in [-0.05, 0) is 51.0 Å². The van der Waals surface area contributed by atoms with Crippen molar-refractivity contribution in [1.82, 2.24) is 0 Å². The van der Waals surface area contributed by atoms with E-state index >= 15 is 0 Å². The first-order valence-corrected chi connectivity index (χ1v) is 11.6. The second kappa shape index (κ2) is 12.0. The standard InChI is InChI=1S/C28H33FN4O2/c1-18(2)32-27(30)22-12-8-20(9-13-22)16-34-24-6-5-7-25(26(24)29)35-17-21-10-14-23(15-11-21)28(31)33-19(3)4/h5-15,18-19H,16-17H2,1-4H3,(H2,30,32)(H2,31,33). The Morgan fingerprint density at radius 1 is 0.686 bits per heavy atom. The molecule has 0 atom stereocenters. The predicted molar refractivity (Wildman–Crippen MR) is 140 cm³/mol. The molecule has 0 heterocycles. The minimum atomic E-state index is -0.539. The Hall–Kier alpha value is -3.87. The molecule has 0 aliphatic rings. The third-order valence-corrected chi connectivity index (χ3v) is 5.01. The zero-order valence-electron chi connectivity index (χ0n) is 20.7. The summed E-state index contributed by atoms with van der Waals surface area (Å²) in [6.45, 7) is 8.30. The van der Waals surface area contributed by atoms with Gasteiger partial charge in [0.1, 0.15) is 24.9 Å². The summed E-state index contributed by atoms with van der Waals surface area (Å²) in [5, 5.41) is 0. The summed E-state index contributed by atoms with van der Waals surface area (Å²) in [6, 6.07) is 20.2. The van der Waals surface area contributed by atoms with Crippen LogP contribution in [0.4, 0.5) is 4.39 Å². The Morgan fingerprint density at radius 2 is 1.06 bits per heavy atom. The number of benzene rings is 3. The molecule has 0 aliphatic heterocycles. The van der Waals surface area contributed by atoms with Crippen LogP contribution in [-0.4, -0.2) is 23.8 Å². The molecule has 6 nitrogen and oxygen atoms in total. The maximum Gasteiger partial charge on any atom is 0.206 e. The van der Waals surface area contributed by atoms with Gasteiger partial charge in [0.2, 0.25) is 5.82 Å². The zero-order chi connectivity index (χ0) is 25.4. The first-order chi connectivity index (χ1) is 16.7. The third kappa shape index (κ3) is 7.57. The molecule has 0 fully saturated rings. The van der Waals surface area contributed by atoms with E-state index in [4.69, 9.17) is 20.9 Å². The van der Waals surface area contributed by atoms with Crippen LogP contribution in [0.2, 0.25) is 0 Å². The predicted octanol–water partition coefficient (Wildman–Crippen LogP) is 5.21. The summed E-state index contributed by atoms with van der Waals surface area (Å²) in [7, 11) is 0. The zero-order valence-corrected chi connectivity index (χ0v) is 20.7. The van der Waals surface area contributed by atoms with E-state index in [0.29, 0.717) is 11.7 Å². The van der Waals surface area contributed by atoms with E-state index in [1.165, 1.54) is 0 Å². The quantitative estimate of drug-likeness (QED) is 0.310. The van der Waals surface area contributed by atoms with Gasteiger partial charge in [0.25, 0.3) is 0 Å². The van der Waals surface area contributed by atoms with Gasteiger partial charge in [0.15, 0.2) is 11.5 Å². The summed E-state index contributed by atoms with van der Waals surface area (Å²) in [5.41, 5.74) is 15.5. The summed E-state index contributed by atoms with van der Waals surface area (Å²) >= 11 is 0. The SMILES string of the molecule is CC(C)N=C(N)c1ccc(COc2cccc(OCc3ccc(C(N)=NC(C)C)cc3)c2F)cc1. The molecule has 0 spiro atoms. The minimum Gasteiger partial charge on any atom is -0.486 e. The van der Waals surface area contributed by atoms with Crippen molar-refractivity contribution in [2.45, 2.75) is 53.0 Å². The molecule has 0 amide bonds. The number of hydrogen-bond donors (Lipinski definition) is 2. The molecule has 0 bridgehead atoms. The number of aliphatic imine (C=N–C) groups is 2. The molecular weight excluding hydrogens is 443 g/mol. The molecule has 4 N–H and O–H groups in total. The highest BCUT2D eigenvalue weighted by Crippen LogP contribution is 2.28. The number of hydrogen-bond acceptors (Lipinski definition) is 4. The average molecular weight is 477 g/mol. The Morgan fingerprint density at radius 3 is 1.40 bits per heavy atom. The Bertz CT molecular complexity index is 1080. The van der Waals surface area contributed by atoms with Crippen LogP contribution in [0.1, 0.15) is 49.9 Å². The number of ether oxygens (including phenoxy) is 2. The van der Waals surface area contributed by atoms with Gasteiger partial charge >= 0.3 is 0 Å². The fourth-order valence-corrected chi connectivity index (χ4v) is 3.28. The van der Waals surface area contributed by atoms with E-state index in [9.17, 15) is 4.39 Å². The number of nitrogens with two attached hydrogens (primary N) is 2. The molecule has 0 saturated carbocycles. The maximum absolute atomic E-state index is 14.9. The van der Waals surface area contributed by atoms with E-state index in [1.807, 2.05) is 76.2 Å². The molecule has 0 aliphatic carbocycles. The topological polar surface area (TPSA) is 95.2 Å². The third-order valence-electron chi connectivity index (χ3n) is 5.01. The van der Waals surface area contributed by atoms with Gasteiger partial charge in [-0.15, -0.1) is 0 Å². The molecule has 3 rings (SSSR count). The van der Waals surface area contributed by atoms with Crippen molar-refractivity contribution < 1.29 is 13.9 Å². The number of rotatable bonds is 10. The van der Waals surface area contributed by atoms with Crippen LogP contribution >= 0.6 is 0 Å². The molecular formula is C28H33FN4O2. The fourth-order valence-electron chi connectivity index (χ4n) is 3.28. The highest BCUT2D eigenvalue weighted by Gasteiger charge is 2.11. The molecule has 7 heteroatoms. The second-order valence-corrected chi connectivity index (χ2v) is 8.76. The van der Waals surface area contributed by atoms with Crippen LogP contribution in [0, 0.1) is 5.82 Å². The Labute approximate surface area is 206 Å². The Kier molecular flexibility index (Phi) is 8.84. The van der Waals surface area contributed by atoms with Crippen LogP contribution in [0.25, 0.3) is 0 Å². The molecule has 0 aromatic heterocycles. The Balaban J connectivity index is 1.60. The summed E-state index contributed by atoms with van der Waals surface area (Å²) in [4.78, 5) is 8.68. The molecule has 3 aromatic rings. The monoisotopic (exact) mass is 476 g/mol. The highest BCUT2D eigenvalue weighted by atomic mass is 19.1. The minimum absolute atomic E-state index is 0.123. The lowest BCUT2D eigenvalue weighted by atomic mass is 10.1. The lowest BCUT2D eigenvalue weighted by Crippen LogP contribution is -2.15. The summed E-state index contributed by atoms with van der Waals surface area (Å²) < 4.78 is 26.4. The smallest absolute Gasteiger partial charge is 0.206 e. The largest absolute Gasteiger partial charge is 0.486 e. The van der Waals surface area contributed by atoms with Crippen LogP contribution in [0.15, 0.2) is 76.7 Å². The number of amidine groups is 2. The van der Waals surface area contributed by atoms with Crippen molar-refractivity contribution in [2.24, 2.45) is 21.5 Å². The molecule has 3 aromatic carbocycles. The summed E-state index contributed by atoms with van der Waals surface area (Å²) in [5.74, 6) is 0.693. The average Bonchev–Trinajstić information content (AvgIpc) is 2.82. The lowest BCUT2D eigenvalue weighted by Gasteiger charge is -2.12. The van der Waals surface area contributed by atoms with Gasteiger partial charge in [0, 0.05) is 23.2 Å². The fraction of sp³-hybridized carbons (Fsp3) is 0.286. The van der Waals surface area contributed by atoms with Crippen molar-refractivity contribution in [1.29, 1.82) is 0 Å². The van der Waals surface area contributed by atoms with Crippen LogP contribution in [0.5, 0.6) is 11.5 Å². The first-order valence-electron chi connectivity index (χ1n) is 11.6. The van der Waals surface area contributed by atoms with Crippen molar-refractivity contribution in [2.75, 3.05) is 0 Å². The van der Waals surface area contributed by atoms with Gasteiger partial charge in [-0.1, -0.05) is 54.6 Å². The van der Waals surface area contributed by atoms with Gasteiger partial charge in [0.05, 0.1) is 0 Å². The van der Waals surface area contributed by atoms with Crippen molar-refractivity contribution in [3.05, 3.63) is 94.8 Å². The second-order valence-electron chi connectivity index (χ2n) is 8.76. The number of halogens is 1. The van der Waals surface area contributed by atoms with Gasteiger partial charge in [-0.3, -0.25) is 9.98 Å². The normalized spacial score (nSPS) is 12.3. The molecule has 0 unspecified atom stereocenters. The molecule has 35 heavy (non-hydrogen) atoms. The van der Waals surface area contributed by atoms with Gasteiger partial charge < -0.3 is 20.9 Å². The lowest BCUT2D eigenvalue weighted by molar-refractivity contribution is 0.263. The van der Waals surface area contributed by atoms with Crippen molar-refractivity contribution in [3.8, 4) is 11.5 Å². The van der Waals surface area contributed by atoms with Crippen LogP contribution < -0.4 is 20.9 Å². The van der Waals surface area contributed by atoms with E-state index in [2.05, 4.69) is 9.98 Å². The molecule has 184 valence electrons. The summed E-state index contributed by atoms with van der Waals surface area (Å²) in [6.07, 6.45) is 0. The van der Waals surface area contributed by atoms with E-state index in [0.717, 1.165) is 22.3 Å². The van der Waals surface area contributed by atoms with Crippen LogP contribution in [0.3, 0.4) is 0 Å². The van der Waals surface area contributed by atoms with E-state index in [1.54, 1.807) is 18.2 Å². The first kappa shape index (κ1) is 25.7. The van der Waals surface area contributed by atoms with Gasteiger partial charge in [-0.25, -0.2) is 0 Å². The van der Waals surface area contributed by atoms with Crippen molar-refractivity contribution in [3.63, 3.8) is 0 Å². The maximum atomic E-state index is 14.9. The van der Waals surface area contributed by atoms with E-state index < -0.39 is 5.82 Å². The number of nitrogens with zero attached hydrogens (tertiary/aromatic N) is 2. The van der Waals surface area contributed by atoms with Gasteiger partial charge in [-0.2, -0.15) is 4.39 Å². The molecule has 0 saturated heterocycles. The van der Waals surface area contributed by atoms with Crippen LogP contribution in [-0.2, 0) is 13.2 Å². The molecule has 0 radical (unpaired) electrons. The van der Waals surface area contributed by atoms with E-state index in [-0.39, 0.29) is 36.8 Å². The highest BCUT2D eigenvalue weighted by molar-refractivity contribution is 5.98. The van der Waals surface area contributed by atoms with Crippen molar-refractivity contribution >= 4 is 11.7 Å².